The van der Waals surface area contributed by atoms with E-state index in [-0.39, 0.29) is 24.2 Å². The smallest absolute Gasteiger partial charge is 0.311 e. The van der Waals surface area contributed by atoms with Crippen LogP contribution in [0.1, 0.15) is 46.5 Å². The summed E-state index contributed by atoms with van der Waals surface area (Å²) in [5, 5.41) is 11.8. The number of carbonyl (C=O) groups is 2. The van der Waals surface area contributed by atoms with E-state index in [4.69, 9.17) is 14.3 Å². The summed E-state index contributed by atoms with van der Waals surface area (Å²) >= 11 is 0. The molecule has 0 atom stereocenters. The first kappa shape index (κ1) is 17.1. The summed E-state index contributed by atoms with van der Waals surface area (Å²) in [6.07, 6.45) is 4.66. The molecule has 3 rings (SSSR count). The second-order valence-corrected chi connectivity index (χ2v) is 6.25. The Bertz CT molecular complexity index is 776. The molecule has 1 aliphatic carbocycles. The van der Waals surface area contributed by atoms with Crippen LogP contribution in [0.2, 0.25) is 0 Å². The second kappa shape index (κ2) is 7.42. The van der Waals surface area contributed by atoms with Crippen LogP contribution in [0, 0.1) is 6.92 Å². The lowest BCUT2D eigenvalue weighted by atomic mass is 9.96. The molecule has 6 nitrogen and oxygen atoms in total. The molecule has 0 radical (unpaired) electrons. The fourth-order valence-corrected chi connectivity index (χ4v) is 2.77. The molecular formula is C19H21NO5. The Balaban J connectivity index is 1.69. The van der Waals surface area contributed by atoms with Gasteiger partial charge in [-0.25, -0.2) is 0 Å². The third-order valence-electron chi connectivity index (χ3n) is 4.35. The van der Waals surface area contributed by atoms with Crippen LogP contribution in [0.25, 0.3) is 0 Å². The molecule has 0 spiro atoms. The number of carboxylic acids is 1. The first-order valence-electron chi connectivity index (χ1n) is 8.36. The van der Waals surface area contributed by atoms with Crippen LogP contribution in [0.5, 0.6) is 5.75 Å². The Morgan fingerprint density at radius 2 is 2.08 bits per heavy atom. The number of aliphatic carboxylic acids is 1. The summed E-state index contributed by atoms with van der Waals surface area (Å²) in [5.74, 6) is -0.438. The van der Waals surface area contributed by atoms with E-state index < -0.39 is 5.97 Å². The van der Waals surface area contributed by atoms with Gasteiger partial charge in [0.2, 0.25) is 0 Å². The van der Waals surface area contributed by atoms with E-state index in [2.05, 4.69) is 5.32 Å². The minimum absolute atomic E-state index is 0.168. The van der Waals surface area contributed by atoms with E-state index >= 15 is 0 Å². The summed E-state index contributed by atoms with van der Waals surface area (Å²) in [5.41, 5.74) is 1.80. The quantitative estimate of drug-likeness (QED) is 0.806. The number of hydrogen-bond donors (Lipinski definition) is 2. The van der Waals surface area contributed by atoms with Gasteiger partial charge in [-0.05, 0) is 32.3 Å². The Labute approximate surface area is 145 Å². The SMILES string of the molecule is Cc1coc(CC(=O)O)c1C(=O)NCc1ccccc1OC1CCC1. The molecule has 6 heteroatoms. The van der Waals surface area contributed by atoms with Crippen molar-refractivity contribution in [1.29, 1.82) is 0 Å². The average Bonchev–Trinajstić information content (AvgIpc) is 2.89. The van der Waals surface area contributed by atoms with Gasteiger partial charge in [-0.2, -0.15) is 0 Å². The predicted octanol–water partition coefficient (Wildman–Crippen LogP) is 3.08. The topological polar surface area (TPSA) is 88.8 Å². The van der Waals surface area contributed by atoms with Gasteiger partial charge in [0.25, 0.3) is 5.91 Å². The number of rotatable bonds is 7. The molecule has 0 aliphatic heterocycles. The highest BCUT2D eigenvalue weighted by Gasteiger charge is 2.22. The molecule has 1 fully saturated rings. The molecule has 1 aliphatic rings. The Morgan fingerprint density at radius 1 is 1.32 bits per heavy atom. The molecule has 0 bridgehead atoms. The van der Waals surface area contributed by atoms with Gasteiger partial charge in [-0.15, -0.1) is 0 Å². The van der Waals surface area contributed by atoms with Gasteiger partial charge in [0, 0.05) is 17.7 Å². The summed E-state index contributed by atoms with van der Waals surface area (Å²) in [6.45, 7) is 2.02. The number of carbonyl (C=O) groups excluding carboxylic acids is 1. The maximum absolute atomic E-state index is 12.5. The number of hydrogen-bond acceptors (Lipinski definition) is 4. The highest BCUT2D eigenvalue weighted by atomic mass is 16.5. The number of para-hydroxylation sites is 1. The number of ether oxygens (including phenoxy) is 1. The molecule has 1 saturated carbocycles. The van der Waals surface area contributed by atoms with Crippen molar-refractivity contribution in [3.63, 3.8) is 0 Å². The normalized spacial score (nSPS) is 14.0. The van der Waals surface area contributed by atoms with Gasteiger partial charge >= 0.3 is 5.97 Å². The lowest BCUT2D eigenvalue weighted by Crippen LogP contribution is -2.27. The van der Waals surface area contributed by atoms with Gasteiger partial charge in [-0.1, -0.05) is 18.2 Å². The van der Waals surface area contributed by atoms with Crippen LogP contribution in [0.3, 0.4) is 0 Å². The van der Waals surface area contributed by atoms with Crippen molar-refractivity contribution in [2.24, 2.45) is 0 Å². The zero-order valence-corrected chi connectivity index (χ0v) is 14.1. The van der Waals surface area contributed by atoms with Crippen LogP contribution in [0.15, 0.2) is 34.9 Å². The van der Waals surface area contributed by atoms with E-state index in [0.29, 0.717) is 17.7 Å². The monoisotopic (exact) mass is 343 g/mol. The molecular weight excluding hydrogens is 322 g/mol. The van der Waals surface area contributed by atoms with Crippen LogP contribution < -0.4 is 10.1 Å². The van der Waals surface area contributed by atoms with Crippen molar-refractivity contribution in [3.05, 3.63) is 53.0 Å². The van der Waals surface area contributed by atoms with Gasteiger partial charge in [0.05, 0.1) is 17.9 Å². The maximum atomic E-state index is 12.5. The van der Waals surface area contributed by atoms with Crippen molar-refractivity contribution in [1.82, 2.24) is 5.32 Å². The average molecular weight is 343 g/mol. The highest BCUT2D eigenvalue weighted by Crippen LogP contribution is 2.27. The Hall–Kier alpha value is -2.76. The van der Waals surface area contributed by atoms with E-state index in [9.17, 15) is 9.59 Å². The van der Waals surface area contributed by atoms with Gasteiger partial charge < -0.3 is 19.6 Å². The van der Waals surface area contributed by atoms with Crippen molar-refractivity contribution in [2.45, 2.75) is 45.3 Å². The summed E-state index contributed by atoms with van der Waals surface area (Å²) in [4.78, 5) is 23.4. The van der Waals surface area contributed by atoms with Crippen molar-refractivity contribution in [2.75, 3.05) is 0 Å². The fourth-order valence-electron chi connectivity index (χ4n) is 2.77. The minimum atomic E-state index is -1.04. The summed E-state index contributed by atoms with van der Waals surface area (Å²) in [7, 11) is 0. The number of amides is 1. The molecule has 2 N–H and O–H groups in total. The van der Waals surface area contributed by atoms with Crippen LogP contribution >= 0.6 is 0 Å². The third kappa shape index (κ3) is 4.02. The lowest BCUT2D eigenvalue weighted by Gasteiger charge is -2.27. The Morgan fingerprint density at radius 3 is 2.76 bits per heavy atom. The largest absolute Gasteiger partial charge is 0.490 e. The van der Waals surface area contributed by atoms with E-state index in [1.54, 1.807) is 6.92 Å². The molecule has 1 amide bonds. The van der Waals surface area contributed by atoms with Crippen LogP contribution in [-0.4, -0.2) is 23.1 Å². The minimum Gasteiger partial charge on any atom is -0.490 e. The molecule has 25 heavy (non-hydrogen) atoms. The van der Waals surface area contributed by atoms with E-state index in [1.165, 1.54) is 12.7 Å². The predicted molar refractivity (Wildman–Crippen MR) is 90.7 cm³/mol. The van der Waals surface area contributed by atoms with E-state index in [1.807, 2.05) is 24.3 Å². The molecule has 2 aromatic rings. The fraction of sp³-hybridized carbons (Fsp3) is 0.368. The van der Waals surface area contributed by atoms with Crippen molar-refractivity contribution < 1.29 is 23.8 Å². The maximum Gasteiger partial charge on any atom is 0.311 e. The van der Waals surface area contributed by atoms with Gasteiger partial charge in [0.1, 0.15) is 17.9 Å². The zero-order chi connectivity index (χ0) is 17.8. The molecule has 132 valence electrons. The van der Waals surface area contributed by atoms with E-state index in [0.717, 1.165) is 24.2 Å². The molecule has 1 aromatic heterocycles. The first-order chi connectivity index (χ1) is 12.0. The summed E-state index contributed by atoms with van der Waals surface area (Å²) < 4.78 is 11.2. The number of aryl methyl sites for hydroxylation is 1. The Kier molecular flexibility index (Phi) is 5.07. The van der Waals surface area contributed by atoms with Crippen LogP contribution in [0.4, 0.5) is 0 Å². The number of benzene rings is 1. The second-order valence-electron chi connectivity index (χ2n) is 6.25. The lowest BCUT2D eigenvalue weighted by molar-refractivity contribution is -0.136. The number of furan rings is 1. The van der Waals surface area contributed by atoms with Gasteiger partial charge in [0.15, 0.2) is 0 Å². The molecule has 0 unspecified atom stereocenters. The summed E-state index contributed by atoms with van der Waals surface area (Å²) in [6, 6.07) is 7.62. The molecule has 0 saturated heterocycles. The standard InChI is InChI=1S/C19H21NO5/c1-12-11-24-16(9-17(21)22)18(12)19(23)20-10-13-5-2-3-8-15(13)25-14-6-4-7-14/h2-3,5,8,11,14H,4,6-7,9-10H2,1H3,(H,20,23)(H,21,22). The number of carboxylic acid groups (broad SMARTS) is 1. The molecule has 1 heterocycles. The number of nitrogens with one attached hydrogen (secondary N) is 1. The van der Waals surface area contributed by atoms with Crippen molar-refractivity contribution >= 4 is 11.9 Å². The highest BCUT2D eigenvalue weighted by molar-refractivity contribution is 5.97. The third-order valence-corrected chi connectivity index (χ3v) is 4.35. The first-order valence-corrected chi connectivity index (χ1v) is 8.36. The zero-order valence-electron chi connectivity index (χ0n) is 14.1. The van der Waals surface area contributed by atoms with Gasteiger partial charge in [-0.3, -0.25) is 9.59 Å². The van der Waals surface area contributed by atoms with Crippen molar-refractivity contribution in [3.8, 4) is 5.75 Å². The van der Waals surface area contributed by atoms with Crippen LogP contribution in [-0.2, 0) is 17.8 Å². The molecule has 1 aromatic carbocycles.